The largest absolute Gasteiger partial charge is 0.466 e. The van der Waals surface area contributed by atoms with E-state index in [1.54, 1.807) is 6.92 Å². The van der Waals surface area contributed by atoms with Gasteiger partial charge in [0.2, 0.25) is 0 Å². The highest BCUT2D eigenvalue weighted by Gasteiger charge is 2.01. The third kappa shape index (κ3) is 8.25. The van der Waals surface area contributed by atoms with Gasteiger partial charge in [0.05, 0.1) is 7.11 Å². The quantitative estimate of drug-likeness (QED) is 0.406. The molecule has 0 atom stereocenters. The Morgan fingerprint density at radius 2 is 1.76 bits per heavy atom. The molecule has 0 heterocycles. The maximum absolute atomic E-state index is 11.1. The van der Waals surface area contributed by atoms with Gasteiger partial charge in [-0.3, -0.25) is 4.79 Å². The Hall–Kier alpha value is -1.58. The van der Waals surface area contributed by atoms with E-state index in [-0.39, 0.29) is 11.9 Å². The minimum atomic E-state index is -0.299. The first-order chi connectivity index (χ1) is 7.97. The fourth-order valence-electron chi connectivity index (χ4n) is 1.16. The first-order valence-electron chi connectivity index (χ1n) is 5.51. The third-order valence-corrected chi connectivity index (χ3v) is 2.21. The van der Waals surface area contributed by atoms with Crippen LogP contribution < -0.4 is 0 Å². The monoisotopic (exact) mass is 240 g/mol. The van der Waals surface area contributed by atoms with Crippen LogP contribution in [0.4, 0.5) is 0 Å². The van der Waals surface area contributed by atoms with Crippen molar-refractivity contribution in [1.29, 1.82) is 0 Å². The van der Waals surface area contributed by atoms with Crippen LogP contribution in [-0.4, -0.2) is 25.7 Å². The molecule has 4 nitrogen and oxygen atoms in total. The molecule has 0 amide bonds. The van der Waals surface area contributed by atoms with E-state index < -0.39 is 0 Å². The molecule has 4 heteroatoms. The first-order valence-corrected chi connectivity index (χ1v) is 5.51. The Labute approximate surface area is 102 Å². The number of hydrogen-bond acceptors (Lipinski definition) is 4. The Morgan fingerprint density at radius 3 is 2.29 bits per heavy atom. The molecule has 0 saturated heterocycles. The van der Waals surface area contributed by atoms with Crippen molar-refractivity contribution in [2.75, 3.05) is 13.7 Å². The molecule has 0 aromatic heterocycles. The Kier molecular flexibility index (Phi) is 7.76. The van der Waals surface area contributed by atoms with Crippen LogP contribution in [0, 0.1) is 0 Å². The summed E-state index contributed by atoms with van der Waals surface area (Å²) in [4.78, 5) is 21.6. The lowest BCUT2D eigenvalue weighted by Gasteiger charge is -2.01. The summed E-state index contributed by atoms with van der Waals surface area (Å²) >= 11 is 0. The van der Waals surface area contributed by atoms with Gasteiger partial charge in [0.1, 0.15) is 6.61 Å². The number of esters is 2. The molecule has 17 heavy (non-hydrogen) atoms. The highest BCUT2D eigenvalue weighted by molar-refractivity contribution is 5.87. The van der Waals surface area contributed by atoms with Crippen LogP contribution in [0.3, 0.4) is 0 Å². The maximum atomic E-state index is 11.1. The molecular weight excluding hydrogens is 220 g/mol. The second-order valence-corrected chi connectivity index (χ2v) is 3.77. The van der Waals surface area contributed by atoms with Crippen molar-refractivity contribution in [3.63, 3.8) is 0 Å². The normalized spacial score (nSPS) is 12.2. The van der Waals surface area contributed by atoms with E-state index in [1.165, 1.54) is 14.0 Å². The molecule has 0 fully saturated rings. The maximum Gasteiger partial charge on any atom is 0.333 e. The molecule has 0 N–H and O–H groups in total. The van der Waals surface area contributed by atoms with Crippen LogP contribution in [0.1, 0.15) is 33.6 Å². The van der Waals surface area contributed by atoms with Crippen LogP contribution in [0.2, 0.25) is 0 Å². The van der Waals surface area contributed by atoms with Crippen LogP contribution in [-0.2, 0) is 19.1 Å². The van der Waals surface area contributed by atoms with Gasteiger partial charge >= 0.3 is 11.9 Å². The molecule has 0 rings (SSSR count). The Bertz CT molecular complexity index is 326. The predicted molar refractivity (Wildman–Crippen MR) is 65.4 cm³/mol. The van der Waals surface area contributed by atoms with Gasteiger partial charge in [-0.1, -0.05) is 11.6 Å². The van der Waals surface area contributed by atoms with Crippen LogP contribution >= 0.6 is 0 Å². The minimum Gasteiger partial charge on any atom is -0.466 e. The third-order valence-electron chi connectivity index (χ3n) is 2.21. The highest BCUT2D eigenvalue weighted by atomic mass is 16.5. The molecule has 0 radical (unpaired) electrons. The van der Waals surface area contributed by atoms with E-state index in [1.807, 2.05) is 19.1 Å². The lowest BCUT2D eigenvalue weighted by atomic mass is 10.1. The summed E-state index contributed by atoms with van der Waals surface area (Å²) in [5.74, 6) is -0.581. The molecule has 0 aliphatic heterocycles. The van der Waals surface area contributed by atoms with Crippen molar-refractivity contribution in [2.45, 2.75) is 33.6 Å². The minimum absolute atomic E-state index is 0.282. The molecule has 96 valence electrons. The van der Waals surface area contributed by atoms with Gasteiger partial charge in [-0.15, -0.1) is 0 Å². The van der Waals surface area contributed by atoms with Crippen molar-refractivity contribution >= 4 is 11.9 Å². The lowest BCUT2D eigenvalue weighted by Crippen LogP contribution is -2.01. The molecule has 0 saturated carbocycles. The summed E-state index contributed by atoms with van der Waals surface area (Å²) < 4.78 is 9.37. The number of carbonyl (C=O) groups excluding carboxylic acids is 2. The van der Waals surface area contributed by atoms with Gasteiger partial charge in [0.25, 0.3) is 0 Å². The second-order valence-electron chi connectivity index (χ2n) is 3.77. The smallest absolute Gasteiger partial charge is 0.333 e. The molecule has 0 spiro atoms. The summed E-state index contributed by atoms with van der Waals surface area (Å²) in [6, 6.07) is 0. The van der Waals surface area contributed by atoms with Crippen molar-refractivity contribution in [3.05, 3.63) is 23.3 Å². The predicted octanol–water partition coefficient (Wildman–Crippen LogP) is 2.40. The zero-order valence-electron chi connectivity index (χ0n) is 10.9. The van der Waals surface area contributed by atoms with Gasteiger partial charge in [0.15, 0.2) is 0 Å². The van der Waals surface area contributed by atoms with E-state index in [0.717, 1.165) is 18.4 Å². The van der Waals surface area contributed by atoms with E-state index >= 15 is 0 Å². The van der Waals surface area contributed by atoms with Crippen molar-refractivity contribution in [2.24, 2.45) is 0 Å². The number of methoxy groups -OCH3 is 1. The Morgan fingerprint density at radius 1 is 1.12 bits per heavy atom. The van der Waals surface area contributed by atoms with Gasteiger partial charge in [0, 0.05) is 12.5 Å². The fraction of sp³-hybridized carbons (Fsp3) is 0.538. The first kappa shape index (κ1) is 15.4. The SMILES string of the molecule is COC(=O)C(C)=CCCC(C)=CCOC(C)=O. The summed E-state index contributed by atoms with van der Waals surface area (Å²) in [7, 11) is 1.37. The topological polar surface area (TPSA) is 52.6 Å². The number of hydrogen-bond donors (Lipinski definition) is 0. The average molecular weight is 240 g/mol. The van der Waals surface area contributed by atoms with E-state index in [0.29, 0.717) is 12.2 Å². The van der Waals surface area contributed by atoms with E-state index in [2.05, 4.69) is 4.74 Å². The molecule has 0 aliphatic carbocycles. The number of ether oxygens (including phenoxy) is 2. The molecule has 0 aliphatic rings. The van der Waals surface area contributed by atoms with Gasteiger partial charge in [-0.05, 0) is 32.8 Å². The standard InChI is InChI=1S/C13H20O4/c1-10(8-9-17-12(3)14)6-5-7-11(2)13(15)16-4/h7-8H,5-6,9H2,1-4H3. The lowest BCUT2D eigenvalue weighted by molar-refractivity contribution is -0.139. The van der Waals surface area contributed by atoms with Crippen LogP contribution in [0.5, 0.6) is 0 Å². The number of carbonyl (C=O) groups is 2. The van der Waals surface area contributed by atoms with E-state index in [4.69, 9.17) is 4.74 Å². The molecular formula is C13H20O4. The van der Waals surface area contributed by atoms with Gasteiger partial charge in [-0.25, -0.2) is 4.79 Å². The summed E-state index contributed by atoms with van der Waals surface area (Å²) in [6.07, 6.45) is 5.30. The van der Waals surface area contributed by atoms with Crippen LogP contribution in [0.15, 0.2) is 23.3 Å². The van der Waals surface area contributed by atoms with Crippen LogP contribution in [0.25, 0.3) is 0 Å². The van der Waals surface area contributed by atoms with Gasteiger partial charge in [-0.2, -0.15) is 0 Å². The molecule has 0 aromatic carbocycles. The van der Waals surface area contributed by atoms with Crippen molar-refractivity contribution in [1.82, 2.24) is 0 Å². The summed E-state index contributed by atoms with van der Waals surface area (Å²) in [5, 5.41) is 0. The van der Waals surface area contributed by atoms with E-state index in [9.17, 15) is 9.59 Å². The second kappa shape index (κ2) is 8.56. The fourth-order valence-corrected chi connectivity index (χ4v) is 1.16. The van der Waals surface area contributed by atoms with Crippen molar-refractivity contribution < 1.29 is 19.1 Å². The van der Waals surface area contributed by atoms with Crippen molar-refractivity contribution in [3.8, 4) is 0 Å². The zero-order chi connectivity index (χ0) is 13.3. The number of allylic oxidation sites excluding steroid dienone is 2. The highest BCUT2D eigenvalue weighted by Crippen LogP contribution is 2.07. The molecule has 0 unspecified atom stereocenters. The number of rotatable bonds is 6. The summed E-state index contributed by atoms with van der Waals surface area (Å²) in [5.41, 5.74) is 1.74. The molecule has 0 aromatic rings. The molecule has 0 bridgehead atoms. The zero-order valence-corrected chi connectivity index (χ0v) is 10.9. The Balaban J connectivity index is 3.95. The average Bonchev–Trinajstić information content (AvgIpc) is 2.27. The van der Waals surface area contributed by atoms with Gasteiger partial charge < -0.3 is 9.47 Å². The summed E-state index contributed by atoms with van der Waals surface area (Å²) in [6.45, 7) is 5.38.